The Hall–Kier alpha value is -1.87. The van der Waals surface area contributed by atoms with Gasteiger partial charge in [-0.15, -0.1) is 0 Å². The van der Waals surface area contributed by atoms with Crippen molar-refractivity contribution in [2.24, 2.45) is 7.05 Å². The molecule has 3 heteroatoms. The smallest absolute Gasteiger partial charge is 0.196 e. The summed E-state index contributed by atoms with van der Waals surface area (Å²) >= 11 is 0. The number of Topliss-reactive ketones (excluding diaryl/α,β-unsaturated/α-hetero) is 1. The van der Waals surface area contributed by atoms with Crippen LogP contribution in [0.25, 0.3) is 0 Å². The number of carbonyl (C=O) groups excluding carboxylic acids is 1. The molecular formula is C16H20N2O. The molecule has 1 atom stereocenters. The molecule has 0 amide bonds. The standard InChI is InChI=1S/C16H20N2O/c1-17(2)15(12-13-8-5-4-6-9-13)16(19)14-10-7-11-18(14)3/h4-11,15H,12H2,1-3H3. The minimum atomic E-state index is -0.129. The maximum absolute atomic E-state index is 12.6. The third-order valence-electron chi connectivity index (χ3n) is 3.39. The van der Waals surface area contributed by atoms with Crippen LogP contribution in [0.2, 0.25) is 0 Å². The van der Waals surface area contributed by atoms with Gasteiger partial charge in [-0.1, -0.05) is 30.3 Å². The van der Waals surface area contributed by atoms with Crippen LogP contribution in [-0.4, -0.2) is 35.4 Å². The van der Waals surface area contributed by atoms with Crippen molar-refractivity contribution in [3.63, 3.8) is 0 Å². The fourth-order valence-electron chi connectivity index (χ4n) is 2.23. The average molecular weight is 256 g/mol. The molecule has 1 aromatic carbocycles. The first-order valence-electron chi connectivity index (χ1n) is 6.45. The van der Waals surface area contributed by atoms with Crippen molar-refractivity contribution >= 4 is 5.78 Å². The molecule has 1 heterocycles. The van der Waals surface area contributed by atoms with E-state index in [0.29, 0.717) is 0 Å². The van der Waals surface area contributed by atoms with Crippen molar-refractivity contribution < 1.29 is 4.79 Å². The molecule has 0 N–H and O–H groups in total. The molecule has 0 aliphatic rings. The molecule has 0 saturated heterocycles. The molecule has 19 heavy (non-hydrogen) atoms. The third-order valence-corrected chi connectivity index (χ3v) is 3.39. The van der Waals surface area contributed by atoms with E-state index >= 15 is 0 Å². The molecule has 0 spiro atoms. The monoisotopic (exact) mass is 256 g/mol. The first-order chi connectivity index (χ1) is 9.09. The Morgan fingerprint density at radius 1 is 1.16 bits per heavy atom. The summed E-state index contributed by atoms with van der Waals surface area (Å²) in [7, 11) is 5.81. The summed E-state index contributed by atoms with van der Waals surface area (Å²) in [5.74, 6) is 0.168. The van der Waals surface area contributed by atoms with Gasteiger partial charge in [0.1, 0.15) is 0 Å². The predicted molar refractivity (Wildman–Crippen MR) is 77.4 cm³/mol. The van der Waals surface area contributed by atoms with Crippen LogP contribution >= 0.6 is 0 Å². The van der Waals surface area contributed by atoms with Crippen molar-refractivity contribution in [1.82, 2.24) is 9.47 Å². The average Bonchev–Trinajstić information content (AvgIpc) is 2.82. The topological polar surface area (TPSA) is 25.2 Å². The van der Waals surface area contributed by atoms with Crippen LogP contribution in [-0.2, 0) is 13.5 Å². The molecule has 100 valence electrons. The molecular weight excluding hydrogens is 236 g/mol. The van der Waals surface area contributed by atoms with Gasteiger partial charge in [-0.05, 0) is 38.2 Å². The van der Waals surface area contributed by atoms with Crippen LogP contribution in [0, 0.1) is 0 Å². The predicted octanol–water partition coefficient (Wildman–Crippen LogP) is 2.38. The van der Waals surface area contributed by atoms with E-state index in [9.17, 15) is 4.79 Å². The molecule has 0 bridgehead atoms. The van der Waals surface area contributed by atoms with Crippen LogP contribution in [0.3, 0.4) is 0 Å². The van der Waals surface area contributed by atoms with E-state index in [2.05, 4.69) is 12.1 Å². The number of hydrogen-bond acceptors (Lipinski definition) is 2. The summed E-state index contributed by atoms with van der Waals surface area (Å²) in [6, 6.07) is 13.8. The second-order valence-electron chi connectivity index (χ2n) is 5.04. The second-order valence-corrected chi connectivity index (χ2v) is 5.04. The van der Waals surface area contributed by atoms with Gasteiger partial charge in [-0.3, -0.25) is 9.69 Å². The minimum Gasteiger partial charge on any atom is -0.348 e. The minimum absolute atomic E-state index is 0.129. The molecule has 2 aromatic rings. The van der Waals surface area contributed by atoms with E-state index in [0.717, 1.165) is 12.1 Å². The van der Waals surface area contributed by atoms with Crippen LogP contribution in [0.5, 0.6) is 0 Å². The van der Waals surface area contributed by atoms with Crippen LogP contribution in [0.1, 0.15) is 16.1 Å². The molecule has 0 saturated carbocycles. The van der Waals surface area contributed by atoms with Gasteiger partial charge in [-0.2, -0.15) is 0 Å². The number of hydrogen-bond donors (Lipinski definition) is 0. The van der Waals surface area contributed by atoms with Gasteiger partial charge in [0.2, 0.25) is 0 Å². The summed E-state index contributed by atoms with van der Waals surface area (Å²) in [6.45, 7) is 0. The lowest BCUT2D eigenvalue weighted by Crippen LogP contribution is -2.38. The normalized spacial score (nSPS) is 12.6. The highest BCUT2D eigenvalue weighted by Gasteiger charge is 2.24. The van der Waals surface area contributed by atoms with Crippen molar-refractivity contribution in [3.8, 4) is 0 Å². The highest BCUT2D eigenvalue weighted by Crippen LogP contribution is 2.13. The van der Waals surface area contributed by atoms with Crippen LogP contribution < -0.4 is 0 Å². The van der Waals surface area contributed by atoms with Crippen LogP contribution in [0.4, 0.5) is 0 Å². The Kier molecular flexibility index (Phi) is 4.17. The quantitative estimate of drug-likeness (QED) is 0.767. The number of likely N-dealkylation sites (N-methyl/N-ethyl adjacent to an activating group) is 1. The lowest BCUT2D eigenvalue weighted by molar-refractivity contribution is 0.0866. The Bertz CT molecular complexity index is 543. The summed E-state index contributed by atoms with van der Waals surface area (Å²) in [5, 5.41) is 0. The number of aryl methyl sites for hydroxylation is 1. The van der Waals surface area contributed by atoms with E-state index < -0.39 is 0 Å². The summed E-state index contributed by atoms with van der Waals surface area (Å²) in [6.07, 6.45) is 2.64. The maximum atomic E-state index is 12.6. The highest BCUT2D eigenvalue weighted by molar-refractivity contribution is 5.99. The first-order valence-corrected chi connectivity index (χ1v) is 6.45. The number of rotatable bonds is 5. The zero-order valence-electron chi connectivity index (χ0n) is 11.7. The highest BCUT2D eigenvalue weighted by atomic mass is 16.1. The SMILES string of the molecule is CN(C)C(Cc1ccccc1)C(=O)c1cccn1C. The van der Waals surface area contributed by atoms with E-state index in [-0.39, 0.29) is 11.8 Å². The Morgan fingerprint density at radius 2 is 1.84 bits per heavy atom. The number of aromatic nitrogens is 1. The number of nitrogens with zero attached hydrogens (tertiary/aromatic N) is 2. The molecule has 3 nitrogen and oxygen atoms in total. The van der Waals surface area contributed by atoms with Gasteiger partial charge in [0.15, 0.2) is 5.78 Å². The summed E-state index contributed by atoms with van der Waals surface area (Å²) in [4.78, 5) is 14.6. The van der Waals surface area contributed by atoms with E-state index in [1.54, 1.807) is 0 Å². The van der Waals surface area contributed by atoms with Crippen molar-refractivity contribution in [2.45, 2.75) is 12.5 Å². The Labute approximate surface area is 114 Å². The van der Waals surface area contributed by atoms with E-state index in [1.165, 1.54) is 5.56 Å². The Balaban J connectivity index is 2.22. The molecule has 0 aliphatic heterocycles. The van der Waals surface area contributed by atoms with Gasteiger partial charge in [-0.25, -0.2) is 0 Å². The number of carbonyl (C=O) groups is 1. The molecule has 0 aliphatic carbocycles. The summed E-state index contributed by atoms with van der Waals surface area (Å²) < 4.78 is 1.88. The van der Waals surface area contributed by atoms with Gasteiger partial charge >= 0.3 is 0 Å². The number of benzene rings is 1. The summed E-state index contributed by atoms with van der Waals surface area (Å²) in [5.41, 5.74) is 1.94. The molecule has 0 radical (unpaired) electrons. The van der Waals surface area contributed by atoms with Crippen LogP contribution in [0.15, 0.2) is 48.7 Å². The van der Waals surface area contributed by atoms with Crippen molar-refractivity contribution in [2.75, 3.05) is 14.1 Å². The molecule has 1 unspecified atom stereocenters. The molecule has 0 fully saturated rings. The maximum Gasteiger partial charge on any atom is 0.196 e. The van der Waals surface area contributed by atoms with E-state index in [4.69, 9.17) is 0 Å². The fraction of sp³-hybridized carbons (Fsp3) is 0.312. The molecule has 2 rings (SSSR count). The zero-order chi connectivity index (χ0) is 13.8. The van der Waals surface area contributed by atoms with Gasteiger partial charge < -0.3 is 4.57 Å². The van der Waals surface area contributed by atoms with Gasteiger partial charge in [0, 0.05) is 13.2 Å². The Morgan fingerprint density at radius 3 is 2.37 bits per heavy atom. The lowest BCUT2D eigenvalue weighted by Gasteiger charge is -2.23. The fourth-order valence-corrected chi connectivity index (χ4v) is 2.23. The van der Waals surface area contributed by atoms with E-state index in [1.807, 2.05) is 67.1 Å². The van der Waals surface area contributed by atoms with Crippen molar-refractivity contribution in [3.05, 3.63) is 59.9 Å². The molecule has 1 aromatic heterocycles. The first kappa shape index (κ1) is 13.6. The lowest BCUT2D eigenvalue weighted by atomic mass is 10.00. The second kappa shape index (κ2) is 5.85. The van der Waals surface area contributed by atoms with Gasteiger partial charge in [0.05, 0.1) is 11.7 Å². The third kappa shape index (κ3) is 3.12. The number of ketones is 1. The zero-order valence-corrected chi connectivity index (χ0v) is 11.7. The van der Waals surface area contributed by atoms with Crippen molar-refractivity contribution in [1.29, 1.82) is 0 Å². The van der Waals surface area contributed by atoms with Gasteiger partial charge in [0.25, 0.3) is 0 Å². The largest absolute Gasteiger partial charge is 0.348 e.